The summed E-state index contributed by atoms with van der Waals surface area (Å²) in [5.74, 6) is -0.386. The molecule has 106 valence electrons. The van der Waals surface area contributed by atoms with E-state index in [2.05, 4.69) is 22.2 Å². The normalized spacial score (nSPS) is 12.3. The molecule has 1 aromatic carbocycles. The smallest absolute Gasteiger partial charge is 0.142 e. The lowest BCUT2D eigenvalue weighted by molar-refractivity contribution is 0.524. The van der Waals surface area contributed by atoms with E-state index in [1.54, 1.807) is 18.5 Å². The Morgan fingerprint density at radius 3 is 2.70 bits per heavy atom. The average molecular weight is 294 g/mol. The van der Waals surface area contributed by atoms with Crippen molar-refractivity contribution in [2.45, 2.75) is 25.8 Å². The number of benzene rings is 1. The molecule has 1 aromatic heterocycles. The Bertz CT molecular complexity index is 548. The zero-order chi connectivity index (χ0) is 14.4. The Kier molecular flexibility index (Phi) is 5.44. The van der Waals surface area contributed by atoms with Gasteiger partial charge in [0.1, 0.15) is 12.1 Å². The summed E-state index contributed by atoms with van der Waals surface area (Å²) < 4.78 is 13.5. The summed E-state index contributed by atoms with van der Waals surface area (Å²) in [7, 11) is 0. The zero-order valence-corrected chi connectivity index (χ0v) is 12.1. The first kappa shape index (κ1) is 14.9. The van der Waals surface area contributed by atoms with E-state index in [9.17, 15) is 4.39 Å². The molecule has 20 heavy (non-hydrogen) atoms. The van der Waals surface area contributed by atoms with Gasteiger partial charge in [-0.15, -0.1) is 0 Å². The molecule has 0 aliphatic rings. The SMILES string of the molecule is CCCNC(Cc1ccc(Cl)c(F)c1)c1cncnc1. The molecule has 1 heterocycles. The van der Waals surface area contributed by atoms with Crippen LogP contribution in [0.25, 0.3) is 0 Å². The van der Waals surface area contributed by atoms with Gasteiger partial charge in [0.05, 0.1) is 5.02 Å². The van der Waals surface area contributed by atoms with Crippen molar-refractivity contribution in [3.63, 3.8) is 0 Å². The molecule has 2 rings (SSSR count). The predicted molar refractivity (Wildman–Crippen MR) is 78.2 cm³/mol. The van der Waals surface area contributed by atoms with Crippen LogP contribution < -0.4 is 5.32 Å². The second kappa shape index (κ2) is 7.31. The molecule has 3 nitrogen and oxygen atoms in total. The molecule has 0 aliphatic heterocycles. The van der Waals surface area contributed by atoms with Crippen LogP contribution in [-0.2, 0) is 6.42 Å². The predicted octanol–water partition coefficient (Wildman–Crippen LogP) is 3.55. The molecule has 5 heteroatoms. The lowest BCUT2D eigenvalue weighted by Gasteiger charge is -2.18. The highest BCUT2D eigenvalue weighted by atomic mass is 35.5. The molecule has 0 saturated heterocycles. The van der Waals surface area contributed by atoms with Gasteiger partial charge in [-0.3, -0.25) is 0 Å². The molecule has 0 aliphatic carbocycles. The van der Waals surface area contributed by atoms with Crippen molar-refractivity contribution in [1.82, 2.24) is 15.3 Å². The third-order valence-corrected chi connectivity index (χ3v) is 3.35. The van der Waals surface area contributed by atoms with Crippen LogP contribution in [0.1, 0.15) is 30.5 Å². The summed E-state index contributed by atoms with van der Waals surface area (Å²) in [5, 5.41) is 3.58. The fourth-order valence-electron chi connectivity index (χ4n) is 2.02. The van der Waals surface area contributed by atoms with Gasteiger partial charge in [-0.25, -0.2) is 14.4 Å². The van der Waals surface area contributed by atoms with Crippen molar-refractivity contribution < 1.29 is 4.39 Å². The molecule has 0 saturated carbocycles. The van der Waals surface area contributed by atoms with E-state index in [1.807, 2.05) is 6.07 Å². The van der Waals surface area contributed by atoms with Gasteiger partial charge in [-0.05, 0) is 37.1 Å². The van der Waals surface area contributed by atoms with E-state index in [0.717, 1.165) is 24.1 Å². The molecule has 0 spiro atoms. The lowest BCUT2D eigenvalue weighted by atomic mass is 10.0. The fourth-order valence-corrected chi connectivity index (χ4v) is 2.14. The Morgan fingerprint density at radius 1 is 1.30 bits per heavy atom. The van der Waals surface area contributed by atoms with Gasteiger partial charge >= 0.3 is 0 Å². The third kappa shape index (κ3) is 3.99. The van der Waals surface area contributed by atoms with Crippen molar-refractivity contribution in [2.75, 3.05) is 6.54 Å². The quantitative estimate of drug-likeness (QED) is 0.885. The van der Waals surface area contributed by atoms with E-state index >= 15 is 0 Å². The zero-order valence-electron chi connectivity index (χ0n) is 11.3. The molecule has 2 aromatic rings. The molecule has 0 amide bonds. The van der Waals surface area contributed by atoms with Gasteiger partial charge in [-0.1, -0.05) is 24.6 Å². The molecule has 1 atom stereocenters. The molecule has 1 N–H and O–H groups in total. The van der Waals surface area contributed by atoms with Crippen molar-refractivity contribution >= 4 is 11.6 Å². The first-order valence-corrected chi connectivity index (χ1v) is 7.00. The topological polar surface area (TPSA) is 37.8 Å². The summed E-state index contributed by atoms with van der Waals surface area (Å²) in [6.45, 7) is 2.99. The number of aromatic nitrogens is 2. The maximum Gasteiger partial charge on any atom is 0.142 e. The Morgan fingerprint density at radius 2 is 2.05 bits per heavy atom. The second-order valence-corrected chi connectivity index (χ2v) is 5.04. The fraction of sp³-hybridized carbons (Fsp3) is 0.333. The highest BCUT2D eigenvalue weighted by Crippen LogP contribution is 2.21. The monoisotopic (exact) mass is 293 g/mol. The minimum absolute atomic E-state index is 0.0664. The van der Waals surface area contributed by atoms with Crippen molar-refractivity contribution in [1.29, 1.82) is 0 Å². The first-order chi connectivity index (χ1) is 9.70. The van der Waals surface area contributed by atoms with Crippen molar-refractivity contribution in [3.8, 4) is 0 Å². The minimum Gasteiger partial charge on any atom is -0.310 e. The Balaban J connectivity index is 2.17. The van der Waals surface area contributed by atoms with E-state index in [0.29, 0.717) is 6.42 Å². The number of nitrogens with one attached hydrogen (secondary N) is 1. The van der Waals surface area contributed by atoms with E-state index < -0.39 is 0 Å². The summed E-state index contributed by atoms with van der Waals surface area (Å²) >= 11 is 5.71. The minimum atomic E-state index is -0.386. The van der Waals surface area contributed by atoms with Gasteiger partial charge in [-0.2, -0.15) is 0 Å². The number of hydrogen-bond acceptors (Lipinski definition) is 3. The van der Waals surface area contributed by atoms with E-state index in [4.69, 9.17) is 11.6 Å². The number of rotatable bonds is 6. The summed E-state index contributed by atoms with van der Waals surface area (Å²) in [6, 6.07) is 4.98. The molecule has 0 bridgehead atoms. The van der Waals surface area contributed by atoms with Gasteiger partial charge < -0.3 is 5.32 Å². The summed E-state index contributed by atoms with van der Waals surface area (Å²) in [5.41, 5.74) is 1.89. The van der Waals surface area contributed by atoms with Crippen LogP contribution in [0.5, 0.6) is 0 Å². The number of nitrogens with zero attached hydrogens (tertiary/aromatic N) is 2. The number of halogens is 2. The van der Waals surface area contributed by atoms with Crippen LogP contribution in [0.15, 0.2) is 36.9 Å². The second-order valence-electron chi connectivity index (χ2n) is 4.63. The van der Waals surface area contributed by atoms with Crippen LogP contribution in [-0.4, -0.2) is 16.5 Å². The number of hydrogen-bond donors (Lipinski definition) is 1. The molecule has 0 radical (unpaired) electrons. The highest BCUT2D eigenvalue weighted by molar-refractivity contribution is 6.30. The van der Waals surface area contributed by atoms with Crippen LogP contribution >= 0.6 is 11.6 Å². The van der Waals surface area contributed by atoms with Gasteiger partial charge in [0.25, 0.3) is 0 Å². The van der Waals surface area contributed by atoms with Crippen LogP contribution in [0.4, 0.5) is 4.39 Å². The molecular formula is C15H17ClFN3. The van der Waals surface area contributed by atoms with Gasteiger partial charge in [0, 0.05) is 24.0 Å². The van der Waals surface area contributed by atoms with Gasteiger partial charge in [0.15, 0.2) is 0 Å². The summed E-state index contributed by atoms with van der Waals surface area (Å²) in [4.78, 5) is 8.08. The van der Waals surface area contributed by atoms with Crippen LogP contribution in [0, 0.1) is 5.82 Å². The van der Waals surface area contributed by atoms with Crippen LogP contribution in [0.2, 0.25) is 5.02 Å². The van der Waals surface area contributed by atoms with E-state index in [1.165, 1.54) is 12.4 Å². The molecular weight excluding hydrogens is 277 g/mol. The van der Waals surface area contributed by atoms with E-state index in [-0.39, 0.29) is 16.9 Å². The van der Waals surface area contributed by atoms with Gasteiger partial charge in [0.2, 0.25) is 0 Å². The first-order valence-electron chi connectivity index (χ1n) is 6.63. The standard InChI is InChI=1S/C15H17ClFN3/c1-2-5-20-15(12-8-18-10-19-9-12)7-11-3-4-13(16)14(17)6-11/h3-4,6,8-10,15,20H,2,5,7H2,1H3. The van der Waals surface area contributed by atoms with Crippen molar-refractivity contribution in [2.24, 2.45) is 0 Å². The summed E-state index contributed by atoms with van der Waals surface area (Å²) in [6.07, 6.45) is 6.77. The maximum absolute atomic E-state index is 13.5. The highest BCUT2D eigenvalue weighted by Gasteiger charge is 2.13. The maximum atomic E-state index is 13.5. The Labute approximate surface area is 123 Å². The van der Waals surface area contributed by atoms with Crippen LogP contribution in [0.3, 0.4) is 0 Å². The third-order valence-electron chi connectivity index (χ3n) is 3.05. The van der Waals surface area contributed by atoms with Crippen molar-refractivity contribution in [3.05, 3.63) is 58.9 Å². The largest absolute Gasteiger partial charge is 0.310 e. The Hall–Kier alpha value is -1.52. The molecule has 0 fully saturated rings. The average Bonchev–Trinajstić information content (AvgIpc) is 2.48. The molecule has 1 unspecified atom stereocenters. The lowest BCUT2D eigenvalue weighted by Crippen LogP contribution is -2.24.